The van der Waals surface area contributed by atoms with Gasteiger partial charge in [0.2, 0.25) is 5.95 Å². The first-order valence-corrected chi connectivity index (χ1v) is 7.24. The average molecular weight is 284 g/mol. The number of anilines is 2. The van der Waals surface area contributed by atoms with E-state index in [1.165, 1.54) is 5.56 Å². The minimum Gasteiger partial charge on any atom is -0.378 e. The highest BCUT2D eigenvalue weighted by Gasteiger charge is 2.14. The Hall–Kier alpha value is -2.14. The second-order valence-electron chi connectivity index (χ2n) is 5.16. The molecule has 21 heavy (non-hydrogen) atoms. The van der Waals surface area contributed by atoms with Crippen LogP contribution in [-0.2, 0) is 11.3 Å². The number of ether oxygens (including phenoxy) is 1. The number of nitrogens with zero attached hydrogens (tertiary/aromatic N) is 4. The van der Waals surface area contributed by atoms with Gasteiger partial charge in [-0.05, 0) is 11.6 Å². The zero-order valence-corrected chi connectivity index (χ0v) is 12.3. The van der Waals surface area contributed by atoms with Crippen LogP contribution in [0.2, 0.25) is 0 Å². The summed E-state index contributed by atoms with van der Waals surface area (Å²) < 4.78 is 5.38. The van der Waals surface area contributed by atoms with Crippen molar-refractivity contribution in [2.24, 2.45) is 0 Å². The molecule has 1 aliphatic rings. The smallest absolute Gasteiger partial charge is 0.227 e. The molecule has 2 heterocycles. The van der Waals surface area contributed by atoms with Crippen LogP contribution in [0.1, 0.15) is 5.56 Å². The zero-order valence-electron chi connectivity index (χ0n) is 12.3. The summed E-state index contributed by atoms with van der Waals surface area (Å²) >= 11 is 0. The largest absolute Gasteiger partial charge is 0.378 e. The molecular weight excluding hydrogens is 264 g/mol. The van der Waals surface area contributed by atoms with Crippen LogP contribution >= 0.6 is 0 Å². The van der Waals surface area contributed by atoms with E-state index in [0.29, 0.717) is 0 Å². The highest BCUT2D eigenvalue weighted by molar-refractivity contribution is 5.44. The van der Waals surface area contributed by atoms with Crippen LogP contribution in [0.4, 0.5) is 11.8 Å². The van der Waals surface area contributed by atoms with Crippen LogP contribution < -0.4 is 9.80 Å². The molecule has 0 saturated carbocycles. The molecule has 1 saturated heterocycles. The summed E-state index contributed by atoms with van der Waals surface area (Å²) in [6.07, 6.45) is 1.83. The molecule has 1 aliphatic heterocycles. The van der Waals surface area contributed by atoms with E-state index in [1.54, 1.807) is 0 Å². The summed E-state index contributed by atoms with van der Waals surface area (Å²) in [6, 6.07) is 12.3. The minimum absolute atomic E-state index is 0.753. The molecule has 3 rings (SSSR count). The Morgan fingerprint density at radius 3 is 2.67 bits per heavy atom. The van der Waals surface area contributed by atoms with Crippen LogP contribution in [0.3, 0.4) is 0 Å². The lowest BCUT2D eigenvalue weighted by Crippen LogP contribution is -2.37. The predicted octanol–water partition coefficient (Wildman–Crippen LogP) is 1.95. The topological polar surface area (TPSA) is 41.5 Å². The minimum atomic E-state index is 0.753. The summed E-state index contributed by atoms with van der Waals surface area (Å²) in [5.41, 5.74) is 1.25. The molecule has 1 fully saturated rings. The monoisotopic (exact) mass is 284 g/mol. The van der Waals surface area contributed by atoms with Gasteiger partial charge < -0.3 is 14.5 Å². The molecule has 0 amide bonds. The van der Waals surface area contributed by atoms with Crippen molar-refractivity contribution in [2.45, 2.75) is 6.54 Å². The number of aromatic nitrogens is 2. The van der Waals surface area contributed by atoms with Gasteiger partial charge in [-0.3, -0.25) is 0 Å². The van der Waals surface area contributed by atoms with Crippen molar-refractivity contribution in [3.05, 3.63) is 48.2 Å². The Labute approximate surface area is 125 Å². The highest BCUT2D eigenvalue weighted by atomic mass is 16.5. The second kappa shape index (κ2) is 6.54. The number of hydrogen-bond donors (Lipinski definition) is 0. The van der Waals surface area contributed by atoms with E-state index in [1.807, 2.05) is 37.5 Å². The number of morpholine rings is 1. The molecule has 5 nitrogen and oxygen atoms in total. The SMILES string of the molecule is CN(Cc1ccccc1)c1nccc(N2CCOCC2)n1. The van der Waals surface area contributed by atoms with Gasteiger partial charge in [-0.15, -0.1) is 0 Å². The number of benzene rings is 1. The average Bonchev–Trinajstić information content (AvgIpc) is 2.57. The quantitative estimate of drug-likeness (QED) is 0.858. The lowest BCUT2D eigenvalue weighted by molar-refractivity contribution is 0.122. The normalized spacial score (nSPS) is 15.0. The van der Waals surface area contributed by atoms with Crippen molar-refractivity contribution in [1.82, 2.24) is 9.97 Å². The third-order valence-electron chi connectivity index (χ3n) is 3.57. The van der Waals surface area contributed by atoms with Crippen LogP contribution in [-0.4, -0.2) is 43.3 Å². The van der Waals surface area contributed by atoms with Crippen LogP contribution in [0.15, 0.2) is 42.6 Å². The molecule has 1 aromatic heterocycles. The Morgan fingerprint density at radius 2 is 1.90 bits per heavy atom. The van der Waals surface area contributed by atoms with Gasteiger partial charge in [0.15, 0.2) is 0 Å². The van der Waals surface area contributed by atoms with E-state index in [9.17, 15) is 0 Å². The summed E-state index contributed by atoms with van der Waals surface area (Å²) in [5.74, 6) is 1.73. The molecule has 0 N–H and O–H groups in total. The fourth-order valence-electron chi connectivity index (χ4n) is 2.42. The van der Waals surface area contributed by atoms with Crippen molar-refractivity contribution >= 4 is 11.8 Å². The number of rotatable bonds is 4. The third kappa shape index (κ3) is 3.49. The summed E-state index contributed by atoms with van der Waals surface area (Å²) in [7, 11) is 2.02. The van der Waals surface area contributed by atoms with E-state index in [-0.39, 0.29) is 0 Å². The predicted molar refractivity (Wildman–Crippen MR) is 83.6 cm³/mol. The molecule has 2 aromatic rings. The van der Waals surface area contributed by atoms with Crippen molar-refractivity contribution < 1.29 is 4.74 Å². The summed E-state index contributed by atoms with van der Waals surface area (Å²) in [4.78, 5) is 13.4. The van der Waals surface area contributed by atoms with Crippen molar-refractivity contribution in [1.29, 1.82) is 0 Å². The van der Waals surface area contributed by atoms with E-state index in [4.69, 9.17) is 4.74 Å². The summed E-state index contributed by atoms with van der Waals surface area (Å²) in [6.45, 7) is 4.10. The van der Waals surface area contributed by atoms with Gasteiger partial charge >= 0.3 is 0 Å². The maximum absolute atomic E-state index is 5.38. The Morgan fingerprint density at radius 1 is 1.14 bits per heavy atom. The van der Waals surface area contributed by atoms with Gasteiger partial charge in [-0.2, -0.15) is 4.98 Å². The first kappa shape index (κ1) is 13.8. The Balaban J connectivity index is 1.72. The van der Waals surface area contributed by atoms with Gasteiger partial charge in [0.1, 0.15) is 5.82 Å². The fourth-order valence-corrected chi connectivity index (χ4v) is 2.42. The maximum Gasteiger partial charge on any atom is 0.227 e. The van der Waals surface area contributed by atoms with Gasteiger partial charge in [-0.1, -0.05) is 30.3 Å². The van der Waals surface area contributed by atoms with Gasteiger partial charge in [0.05, 0.1) is 13.2 Å². The third-order valence-corrected chi connectivity index (χ3v) is 3.57. The fraction of sp³-hybridized carbons (Fsp3) is 0.375. The lowest BCUT2D eigenvalue weighted by atomic mass is 10.2. The standard InChI is InChI=1S/C16H20N4O/c1-19(13-14-5-3-2-4-6-14)16-17-8-7-15(18-16)20-9-11-21-12-10-20/h2-8H,9-13H2,1H3. The van der Waals surface area contributed by atoms with E-state index >= 15 is 0 Å². The molecule has 5 heteroatoms. The maximum atomic E-state index is 5.38. The molecule has 0 atom stereocenters. The molecule has 0 bridgehead atoms. The van der Waals surface area contributed by atoms with Crippen molar-refractivity contribution in [3.63, 3.8) is 0 Å². The Kier molecular flexibility index (Phi) is 4.31. The van der Waals surface area contributed by atoms with Crippen molar-refractivity contribution in [2.75, 3.05) is 43.2 Å². The van der Waals surface area contributed by atoms with Crippen molar-refractivity contribution in [3.8, 4) is 0 Å². The highest BCUT2D eigenvalue weighted by Crippen LogP contribution is 2.16. The number of hydrogen-bond acceptors (Lipinski definition) is 5. The molecular formula is C16H20N4O. The van der Waals surface area contributed by atoms with Gasteiger partial charge in [0.25, 0.3) is 0 Å². The van der Waals surface area contributed by atoms with Gasteiger partial charge in [-0.25, -0.2) is 4.98 Å². The molecule has 0 spiro atoms. The first-order chi connectivity index (χ1) is 10.3. The molecule has 0 unspecified atom stereocenters. The van der Waals surface area contributed by atoms with E-state index in [0.717, 1.165) is 44.6 Å². The second-order valence-corrected chi connectivity index (χ2v) is 5.16. The molecule has 0 aliphatic carbocycles. The zero-order chi connectivity index (χ0) is 14.5. The first-order valence-electron chi connectivity index (χ1n) is 7.24. The van der Waals surface area contributed by atoms with Crippen LogP contribution in [0, 0.1) is 0 Å². The van der Waals surface area contributed by atoms with E-state index < -0.39 is 0 Å². The van der Waals surface area contributed by atoms with E-state index in [2.05, 4.69) is 31.9 Å². The molecule has 0 radical (unpaired) electrons. The molecule has 110 valence electrons. The van der Waals surface area contributed by atoms with Crippen LogP contribution in [0.5, 0.6) is 0 Å². The van der Waals surface area contributed by atoms with Crippen LogP contribution in [0.25, 0.3) is 0 Å². The molecule has 1 aromatic carbocycles. The lowest BCUT2D eigenvalue weighted by Gasteiger charge is -2.28. The summed E-state index contributed by atoms with van der Waals surface area (Å²) in [5, 5.41) is 0. The van der Waals surface area contributed by atoms with Gasteiger partial charge in [0, 0.05) is 32.9 Å². The Bertz CT molecular complexity index is 569.